The minimum atomic E-state index is 0.261. The molecule has 2 unspecified atom stereocenters. The summed E-state index contributed by atoms with van der Waals surface area (Å²) >= 11 is 0. The summed E-state index contributed by atoms with van der Waals surface area (Å²) in [4.78, 5) is 2.16. The van der Waals surface area contributed by atoms with Crippen LogP contribution in [0.1, 0.15) is 37.8 Å². The van der Waals surface area contributed by atoms with Gasteiger partial charge >= 0.3 is 0 Å². The van der Waals surface area contributed by atoms with Gasteiger partial charge in [0.25, 0.3) is 0 Å². The SMILES string of the molecule is C=CCN(C)/C=C\C1=CCC(C)(c2ccc(C)cc2)CC1C. The zero-order chi connectivity index (χ0) is 16.2. The molecule has 0 fully saturated rings. The number of likely N-dealkylation sites (N-methyl/N-ethyl adjacent to an activating group) is 1. The third-order valence-corrected chi connectivity index (χ3v) is 4.80. The molecular weight excluding hydrogens is 266 g/mol. The third-order valence-electron chi connectivity index (χ3n) is 4.80. The summed E-state index contributed by atoms with van der Waals surface area (Å²) < 4.78 is 0. The van der Waals surface area contributed by atoms with Gasteiger partial charge in [0.15, 0.2) is 0 Å². The fraction of sp³-hybridized carbons (Fsp3) is 0.429. The number of aryl methyl sites for hydroxylation is 1. The highest BCUT2D eigenvalue weighted by Gasteiger charge is 2.31. The van der Waals surface area contributed by atoms with Gasteiger partial charge < -0.3 is 4.90 Å². The van der Waals surface area contributed by atoms with Gasteiger partial charge in [-0.3, -0.25) is 0 Å². The standard InChI is InChI=1S/C21H29N/c1-6-14-22(5)15-12-19-11-13-21(4,16-18(19)3)20-9-7-17(2)8-10-20/h6-12,15,18H,1,13-14,16H2,2-5H3/b15-12-. The number of rotatable bonds is 5. The Bertz CT molecular complexity index is 564. The Labute approximate surface area is 136 Å². The zero-order valence-corrected chi connectivity index (χ0v) is 14.5. The van der Waals surface area contributed by atoms with Crippen LogP contribution < -0.4 is 0 Å². The Morgan fingerprint density at radius 3 is 2.59 bits per heavy atom. The van der Waals surface area contributed by atoms with Gasteiger partial charge in [0.05, 0.1) is 0 Å². The lowest BCUT2D eigenvalue weighted by molar-refractivity contribution is 0.363. The van der Waals surface area contributed by atoms with Gasteiger partial charge in [-0.2, -0.15) is 0 Å². The molecule has 118 valence electrons. The smallest absolute Gasteiger partial charge is 0.0348 e. The molecule has 1 aromatic carbocycles. The summed E-state index contributed by atoms with van der Waals surface area (Å²) in [5.41, 5.74) is 4.52. The Morgan fingerprint density at radius 2 is 2.00 bits per heavy atom. The first-order valence-electron chi connectivity index (χ1n) is 8.21. The number of hydrogen-bond acceptors (Lipinski definition) is 1. The molecule has 1 heteroatoms. The van der Waals surface area contributed by atoms with E-state index in [2.05, 4.69) is 81.9 Å². The van der Waals surface area contributed by atoms with Crippen molar-refractivity contribution in [1.82, 2.24) is 4.90 Å². The van der Waals surface area contributed by atoms with Crippen LogP contribution in [0.25, 0.3) is 0 Å². The Kier molecular flexibility index (Phi) is 5.28. The average molecular weight is 295 g/mol. The van der Waals surface area contributed by atoms with Crippen LogP contribution >= 0.6 is 0 Å². The fourth-order valence-electron chi connectivity index (χ4n) is 3.32. The van der Waals surface area contributed by atoms with E-state index in [-0.39, 0.29) is 5.41 Å². The molecule has 0 heterocycles. The summed E-state index contributed by atoms with van der Waals surface area (Å²) in [5, 5.41) is 0. The van der Waals surface area contributed by atoms with Crippen LogP contribution in [0.3, 0.4) is 0 Å². The maximum Gasteiger partial charge on any atom is 0.0348 e. The highest BCUT2D eigenvalue weighted by atomic mass is 15.1. The lowest BCUT2D eigenvalue weighted by Crippen LogP contribution is -2.28. The van der Waals surface area contributed by atoms with E-state index in [9.17, 15) is 0 Å². The van der Waals surface area contributed by atoms with Crippen LogP contribution in [0.4, 0.5) is 0 Å². The molecule has 0 aromatic heterocycles. The predicted molar refractivity (Wildman–Crippen MR) is 97.0 cm³/mol. The van der Waals surface area contributed by atoms with Gasteiger partial charge in [-0.05, 0) is 54.5 Å². The zero-order valence-electron chi connectivity index (χ0n) is 14.5. The fourth-order valence-corrected chi connectivity index (χ4v) is 3.32. The summed E-state index contributed by atoms with van der Waals surface area (Å²) in [6.07, 6.45) is 11.1. The molecule has 0 saturated heterocycles. The molecule has 0 amide bonds. The number of benzene rings is 1. The number of hydrogen-bond donors (Lipinski definition) is 0. The Morgan fingerprint density at radius 1 is 1.32 bits per heavy atom. The molecule has 22 heavy (non-hydrogen) atoms. The largest absolute Gasteiger partial charge is 0.377 e. The molecule has 0 saturated carbocycles. The molecule has 1 nitrogen and oxygen atoms in total. The molecule has 0 bridgehead atoms. The van der Waals surface area contributed by atoms with Gasteiger partial charge in [0.2, 0.25) is 0 Å². The maximum absolute atomic E-state index is 3.78. The highest BCUT2D eigenvalue weighted by molar-refractivity contribution is 5.34. The van der Waals surface area contributed by atoms with Crippen molar-refractivity contribution < 1.29 is 0 Å². The first-order valence-corrected chi connectivity index (χ1v) is 8.21. The summed E-state index contributed by atoms with van der Waals surface area (Å²) in [6, 6.07) is 9.06. The van der Waals surface area contributed by atoms with Crippen molar-refractivity contribution in [2.24, 2.45) is 5.92 Å². The van der Waals surface area contributed by atoms with E-state index in [4.69, 9.17) is 0 Å². The molecule has 1 aliphatic carbocycles. The van der Waals surface area contributed by atoms with Crippen molar-refractivity contribution in [3.05, 3.63) is 72.0 Å². The van der Waals surface area contributed by atoms with Crippen molar-refractivity contribution in [3.63, 3.8) is 0 Å². The molecule has 0 N–H and O–H groups in total. The Hall–Kier alpha value is -1.76. The van der Waals surface area contributed by atoms with E-state index >= 15 is 0 Å². The minimum Gasteiger partial charge on any atom is -0.377 e. The van der Waals surface area contributed by atoms with Gasteiger partial charge in [0.1, 0.15) is 0 Å². The third kappa shape index (κ3) is 3.91. The lowest BCUT2D eigenvalue weighted by Gasteiger charge is -2.36. The van der Waals surface area contributed by atoms with E-state index in [1.807, 2.05) is 6.08 Å². The van der Waals surface area contributed by atoms with E-state index in [0.29, 0.717) is 5.92 Å². The monoisotopic (exact) mass is 295 g/mol. The topological polar surface area (TPSA) is 3.24 Å². The minimum absolute atomic E-state index is 0.261. The summed E-state index contributed by atoms with van der Waals surface area (Å²) in [7, 11) is 2.09. The van der Waals surface area contributed by atoms with E-state index < -0.39 is 0 Å². The van der Waals surface area contributed by atoms with Crippen LogP contribution in [0.2, 0.25) is 0 Å². The molecule has 1 aromatic rings. The first-order chi connectivity index (χ1) is 10.4. The second-order valence-corrected chi connectivity index (χ2v) is 6.98. The van der Waals surface area contributed by atoms with Crippen LogP contribution in [-0.4, -0.2) is 18.5 Å². The molecule has 2 atom stereocenters. The Balaban J connectivity index is 2.12. The molecule has 0 aliphatic heterocycles. The van der Waals surface area contributed by atoms with Crippen LogP contribution in [0, 0.1) is 12.8 Å². The lowest BCUT2D eigenvalue weighted by atomic mass is 9.68. The predicted octanol–water partition coefficient (Wildman–Crippen LogP) is 5.24. The van der Waals surface area contributed by atoms with Gasteiger partial charge in [-0.1, -0.05) is 55.8 Å². The van der Waals surface area contributed by atoms with Crippen LogP contribution in [-0.2, 0) is 5.41 Å². The summed E-state index contributed by atoms with van der Waals surface area (Å²) in [6.45, 7) is 11.6. The van der Waals surface area contributed by atoms with E-state index in [1.165, 1.54) is 23.1 Å². The van der Waals surface area contributed by atoms with Crippen molar-refractivity contribution in [3.8, 4) is 0 Å². The molecular formula is C21H29N. The van der Waals surface area contributed by atoms with E-state index in [1.54, 1.807) is 0 Å². The second-order valence-electron chi connectivity index (χ2n) is 6.98. The normalized spacial score (nSPS) is 25.1. The van der Waals surface area contributed by atoms with Crippen molar-refractivity contribution in [2.45, 2.75) is 39.0 Å². The van der Waals surface area contributed by atoms with Crippen LogP contribution in [0.5, 0.6) is 0 Å². The maximum atomic E-state index is 3.78. The second kappa shape index (κ2) is 7.00. The molecule has 0 radical (unpaired) electrons. The van der Waals surface area contributed by atoms with Gasteiger partial charge in [-0.15, -0.1) is 6.58 Å². The summed E-state index contributed by atoms with van der Waals surface area (Å²) in [5.74, 6) is 0.591. The highest BCUT2D eigenvalue weighted by Crippen LogP contribution is 2.41. The molecule has 0 spiro atoms. The first kappa shape index (κ1) is 16.6. The quantitative estimate of drug-likeness (QED) is 0.671. The van der Waals surface area contributed by atoms with E-state index in [0.717, 1.165) is 13.0 Å². The number of allylic oxidation sites excluding steroid dienone is 3. The van der Waals surface area contributed by atoms with Crippen molar-refractivity contribution in [1.29, 1.82) is 0 Å². The van der Waals surface area contributed by atoms with Gasteiger partial charge in [-0.25, -0.2) is 0 Å². The van der Waals surface area contributed by atoms with Crippen molar-refractivity contribution >= 4 is 0 Å². The molecule has 1 aliphatic rings. The number of nitrogens with zero attached hydrogens (tertiary/aromatic N) is 1. The van der Waals surface area contributed by atoms with Crippen LogP contribution in [0.15, 0.2) is 60.8 Å². The average Bonchev–Trinajstić information content (AvgIpc) is 2.47. The van der Waals surface area contributed by atoms with Gasteiger partial charge in [0, 0.05) is 13.6 Å². The van der Waals surface area contributed by atoms with Crippen molar-refractivity contribution in [2.75, 3.05) is 13.6 Å². The molecule has 2 rings (SSSR count).